The van der Waals surface area contributed by atoms with Crippen LogP contribution in [-0.2, 0) is 25.5 Å². The van der Waals surface area contributed by atoms with E-state index in [1.807, 2.05) is 49.6 Å². The topological polar surface area (TPSA) is 80.8 Å². The van der Waals surface area contributed by atoms with Crippen molar-refractivity contribution in [3.63, 3.8) is 0 Å². The average Bonchev–Trinajstić information content (AvgIpc) is 3.09. The molecular weight excluding hydrogens is 438 g/mol. The second-order valence-electron chi connectivity index (χ2n) is 9.79. The second kappa shape index (κ2) is 9.02. The molecule has 9 heteroatoms. The molecule has 3 heterocycles. The summed E-state index contributed by atoms with van der Waals surface area (Å²) in [5, 5.41) is 0. The maximum Gasteiger partial charge on any atom is 0.350 e. The Hall–Kier alpha value is -2.94. The Labute approximate surface area is 201 Å². The van der Waals surface area contributed by atoms with E-state index in [4.69, 9.17) is 18.9 Å². The molecule has 1 saturated heterocycles. The number of methoxy groups -OCH3 is 2. The van der Waals surface area contributed by atoms with Crippen molar-refractivity contribution in [3.05, 3.63) is 29.1 Å². The highest BCUT2D eigenvalue weighted by Crippen LogP contribution is 2.46. The minimum atomic E-state index is -0.789. The number of anilines is 1. The van der Waals surface area contributed by atoms with Crippen LogP contribution in [0.15, 0.2) is 23.5 Å². The molecule has 1 aromatic carbocycles. The Morgan fingerprint density at radius 2 is 1.88 bits per heavy atom. The van der Waals surface area contributed by atoms with E-state index in [0.29, 0.717) is 49.8 Å². The number of allylic oxidation sites excluding steroid dienone is 1. The Kier molecular flexibility index (Phi) is 6.42. The highest BCUT2D eigenvalue weighted by Gasteiger charge is 2.49. The molecule has 3 aliphatic rings. The van der Waals surface area contributed by atoms with Gasteiger partial charge in [-0.05, 0) is 52.2 Å². The number of ether oxygens (including phenoxy) is 4. The van der Waals surface area contributed by atoms with Crippen LogP contribution < -0.4 is 14.4 Å². The van der Waals surface area contributed by atoms with Gasteiger partial charge in [0.25, 0.3) is 5.91 Å². The summed E-state index contributed by atoms with van der Waals surface area (Å²) in [6, 6.07) is 3.87. The van der Waals surface area contributed by atoms with Crippen LogP contribution >= 0.6 is 0 Å². The van der Waals surface area contributed by atoms with Gasteiger partial charge in [-0.2, -0.15) is 0 Å². The largest absolute Gasteiger partial charge is 0.493 e. The van der Waals surface area contributed by atoms with E-state index in [1.165, 1.54) is 7.11 Å². The number of hydrogen-bond donors (Lipinski definition) is 0. The molecule has 34 heavy (non-hydrogen) atoms. The highest BCUT2D eigenvalue weighted by molar-refractivity contribution is 5.99. The van der Waals surface area contributed by atoms with Crippen molar-refractivity contribution >= 4 is 17.6 Å². The van der Waals surface area contributed by atoms with Gasteiger partial charge in [-0.1, -0.05) is 0 Å². The van der Waals surface area contributed by atoms with Gasteiger partial charge in [-0.25, -0.2) is 4.79 Å². The third-order valence-corrected chi connectivity index (χ3v) is 6.65. The minimum Gasteiger partial charge on any atom is -0.493 e. The fraction of sp³-hybridized carbons (Fsp3) is 0.600. The van der Waals surface area contributed by atoms with Crippen molar-refractivity contribution < 1.29 is 28.5 Å². The van der Waals surface area contributed by atoms with E-state index >= 15 is 0 Å². The number of morpholine rings is 1. The van der Waals surface area contributed by atoms with E-state index in [1.54, 1.807) is 19.1 Å². The molecule has 1 unspecified atom stereocenters. The molecule has 4 rings (SSSR count). The van der Waals surface area contributed by atoms with E-state index < -0.39 is 17.7 Å². The zero-order chi connectivity index (χ0) is 24.8. The Bertz CT molecular complexity index is 1020. The lowest BCUT2D eigenvalue weighted by Gasteiger charge is -2.43. The zero-order valence-electron chi connectivity index (χ0n) is 21.1. The van der Waals surface area contributed by atoms with Crippen molar-refractivity contribution in [1.29, 1.82) is 0 Å². The third kappa shape index (κ3) is 3.96. The summed E-state index contributed by atoms with van der Waals surface area (Å²) >= 11 is 0. The first kappa shape index (κ1) is 24.2. The van der Waals surface area contributed by atoms with Crippen molar-refractivity contribution in [2.24, 2.45) is 0 Å². The maximum atomic E-state index is 13.9. The van der Waals surface area contributed by atoms with Crippen LogP contribution in [0.25, 0.3) is 0 Å². The van der Waals surface area contributed by atoms with Crippen LogP contribution in [0.2, 0.25) is 0 Å². The van der Waals surface area contributed by atoms with E-state index in [9.17, 15) is 9.59 Å². The lowest BCUT2D eigenvalue weighted by molar-refractivity contribution is -0.147. The number of carbonyl (C=O) groups is 2. The number of esters is 1. The average molecular weight is 474 g/mol. The molecule has 0 radical (unpaired) electrons. The smallest absolute Gasteiger partial charge is 0.350 e. The summed E-state index contributed by atoms with van der Waals surface area (Å²) in [6.45, 7) is 9.35. The van der Waals surface area contributed by atoms with Crippen molar-refractivity contribution in [2.45, 2.75) is 58.3 Å². The molecule has 0 N–H and O–H groups in total. The number of amides is 1. The highest BCUT2D eigenvalue weighted by atomic mass is 16.5. The van der Waals surface area contributed by atoms with Gasteiger partial charge < -0.3 is 33.6 Å². The first-order valence-corrected chi connectivity index (χ1v) is 11.7. The van der Waals surface area contributed by atoms with Gasteiger partial charge in [0, 0.05) is 19.7 Å². The molecule has 1 amide bonds. The number of rotatable bonds is 5. The first-order valence-electron chi connectivity index (χ1n) is 11.7. The summed E-state index contributed by atoms with van der Waals surface area (Å²) in [5.41, 5.74) is 2.75. The normalized spacial score (nSPS) is 21.4. The first-order chi connectivity index (χ1) is 16.1. The fourth-order valence-corrected chi connectivity index (χ4v) is 5.06. The number of benzene rings is 1. The molecule has 0 aromatic heterocycles. The van der Waals surface area contributed by atoms with Crippen molar-refractivity contribution in [2.75, 3.05) is 45.9 Å². The lowest BCUT2D eigenvalue weighted by atomic mass is 9.97. The summed E-state index contributed by atoms with van der Waals surface area (Å²) in [5.74, 6) is 0.711. The maximum absolute atomic E-state index is 13.9. The molecule has 1 fully saturated rings. The van der Waals surface area contributed by atoms with Crippen molar-refractivity contribution in [3.8, 4) is 11.5 Å². The third-order valence-electron chi connectivity index (χ3n) is 6.65. The van der Waals surface area contributed by atoms with Crippen molar-refractivity contribution in [1.82, 2.24) is 9.80 Å². The van der Waals surface area contributed by atoms with Crippen LogP contribution in [-0.4, -0.2) is 80.5 Å². The van der Waals surface area contributed by atoms with Crippen LogP contribution in [0.4, 0.5) is 5.69 Å². The van der Waals surface area contributed by atoms with Gasteiger partial charge in [0.15, 0.2) is 11.5 Å². The fourth-order valence-electron chi connectivity index (χ4n) is 5.06. The number of nitrogens with zero attached hydrogens (tertiary/aromatic N) is 3. The molecule has 1 aromatic rings. The number of fused-ring (bicyclic) bond motifs is 3. The van der Waals surface area contributed by atoms with Gasteiger partial charge >= 0.3 is 5.97 Å². The van der Waals surface area contributed by atoms with E-state index in [-0.39, 0.29) is 12.0 Å². The van der Waals surface area contributed by atoms with E-state index in [2.05, 4.69) is 0 Å². The molecular formula is C25H35N3O6. The van der Waals surface area contributed by atoms with Gasteiger partial charge in [0.2, 0.25) is 6.17 Å². The molecule has 1 atom stereocenters. The summed E-state index contributed by atoms with van der Waals surface area (Å²) in [4.78, 5) is 32.5. The summed E-state index contributed by atoms with van der Waals surface area (Å²) in [7, 11) is 4.76. The molecule has 0 saturated carbocycles. The van der Waals surface area contributed by atoms with Gasteiger partial charge in [0.05, 0.1) is 50.5 Å². The van der Waals surface area contributed by atoms with E-state index in [0.717, 1.165) is 16.9 Å². The zero-order valence-corrected chi connectivity index (χ0v) is 21.1. The Morgan fingerprint density at radius 3 is 2.50 bits per heavy atom. The molecule has 9 nitrogen and oxygen atoms in total. The van der Waals surface area contributed by atoms with Crippen LogP contribution in [0.1, 0.15) is 39.7 Å². The quantitative estimate of drug-likeness (QED) is 0.604. The van der Waals surface area contributed by atoms with Gasteiger partial charge in [-0.3, -0.25) is 4.79 Å². The summed E-state index contributed by atoms with van der Waals surface area (Å²) < 4.78 is 22.4. The van der Waals surface area contributed by atoms with Gasteiger partial charge in [-0.15, -0.1) is 0 Å². The molecule has 3 aliphatic heterocycles. The Morgan fingerprint density at radius 1 is 1.15 bits per heavy atom. The molecule has 0 spiro atoms. The monoisotopic (exact) mass is 473 g/mol. The number of carbonyl (C=O) groups excluding carboxylic acids is 2. The SMILES string of the molecule is COC(=O)C1N(C)C(C(=O)N2CCOCC2(C)C)=C2CCc3cc(OC)c(OC(C)C)cc3N21. The lowest BCUT2D eigenvalue weighted by Crippen LogP contribution is -2.57. The second-order valence-corrected chi connectivity index (χ2v) is 9.79. The predicted octanol–water partition coefficient (Wildman–Crippen LogP) is 2.53. The summed E-state index contributed by atoms with van der Waals surface area (Å²) in [6.07, 6.45) is 0.487. The van der Waals surface area contributed by atoms with Crippen LogP contribution in [0, 0.1) is 0 Å². The van der Waals surface area contributed by atoms with Crippen LogP contribution in [0.3, 0.4) is 0 Å². The van der Waals surface area contributed by atoms with Gasteiger partial charge in [0.1, 0.15) is 5.70 Å². The number of likely N-dealkylation sites (N-methyl/N-ethyl adjacent to an activating group) is 1. The predicted molar refractivity (Wildman–Crippen MR) is 127 cm³/mol. The standard InChI is InChI=1S/C25H35N3O6/c1-15(2)34-20-13-18-16(12-19(20)31-6)8-9-17-21(26(5)22(28(17)18)24(30)32-7)23(29)27-10-11-33-14-25(27,3)4/h12-13,15,22H,8-11,14H2,1-7H3. The molecule has 186 valence electrons. The Balaban J connectivity index is 1.84. The molecule has 0 bridgehead atoms. The number of aryl methyl sites for hydroxylation is 1. The number of hydrogen-bond acceptors (Lipinski definition) is 8. The van der Waals surface area contributed by atoms with Crippen LogP contribution in [0.5, 0.6) is 11.5 Å². The molecule has 0 aliphatic carbocycles. The minimum absolute atomic E-state index is 0.0519.